The van der Waals surface area contributed by atoms with Crippen molar-refractivity contribution in [2.45, 2.75) is 37.9 Å². The maximum atomic E-state index is 10.7. The van der Waals surface area contributed by atoms with Crippen LogP contribution in [0.1, 0.15) is 24.8 Å². The zero-order valence-corrected chi connectivity index (χ0v) is 9.50. The van der Waals surface area contributed by atoms with Gasteiger partial charge in [-0.3, -0.25) is 4.79 Å². The van der Waals surface area contributed by atoms with Gasteiger partial charge >= 0.3 is 5.97 Å². The number of benzene rings is 1. The predicted octanol–water partition coefficient (Wildman–Crippen LogP) is 1.61. The molecule has 1 fully saturated rings. The highest BCUT2D eigenvalue weighted by Gasteiger charge is 2.24. The normalized spacial score (nSPS) is 23.6. The van der Waals surface area contributed by atoms with Gasteiger partial charge in [0, 0.05) is 12.0 Å². The van der Waals surface area contributed by atoms with Gasteiger partial charge in [0.15, 0.2) is 0 Å². The van der Waals surface area contributed by atoms with Crippen molar-refractivity contribution < 1.29 is 19.7 Å². The van der Waals surface area contributed by atoms with Gasteiger partial charge in [-0.15, -0.1) is 0 Å². The summed E-state index contributed by atoms with van der Waals surface area (Å²) < 4.78 is 5.75. The molecular weight excluding hydrogens is 220 g/mol. The van der Waals surface area contributed by atoms with Gasteiger partial charge < -0.3 is 14.9 Å². The molecule has 1 saturated carbocycles. The number of hydrogen-bond donors (Lipinski definition) is 2. The molecule has 0 aliphatic heterocycles. The topological polar surface area (TPSA) is 66.8 Å². The molecule has 2 N–H and O–H groups in total. The van der Waals surface area contributed by atoms with Crippen molar-refractivity contribution in [2.24, 2.45) is 0 Å². The number of rotatable bonds is 4. The Morgan fingerprint density at radius 2 is 2.12 bits per heavy atom. The van der Waals surface area contributed by atoms with Crippen molar-refractivity contribution in [1.29, 1.82) is 0 Å². The fourth-order valence-electron chi connectivity index (χ4n) is 2.13. The highest BCUT2D eigenvalue weighted by Crippen LogP contribution is 2.27. The third-order valence-electron chi connectivity index (χ3n) is 2.96. The maximum Gasteiger partial charge on any atom is 0.307 e. The number of hydrogen-bond acceptors (Lipinski definition) is 3. The Kier molecular flexibility index (Phi) is 3.64. The third kappa shape index (κ3) is 3.20. The summed E-state index contributed by atoms with van der Waals surface area (Å²) in [5.41, 5.74) is 0.682. The lowest BCUT2D eigenvalue weighted by molar-refractivity contribution is -0.136. The average Bonchev–Trinajstić information content (AvgIpc) is 2.66. The minimum atomic E-state index is -0.868. The van der Waals surface area contributed by atoms with Crippen LogP contribution in [0.5, 0.6) is 5.75 Å². The molecule has 2 rings (SSSR count). The van der Waals surface area contributed by atoms with Crippen LogP contribution in [0, 0.1) is 0 Å². The fourth-order valence-corrected chi connectivity index (χ4v) is 2.13. The van der Waals surface area contributed by atoms with E-state index in [0.717, 1.165) is 12.8 Å². The quantitative estimate of drug-likeness (QED) is 0.833. The van der Waals surface area contributed by atoms with Crippen molar-refractivity contribution in [1.82, 2.24) is 0 Å². The average molecular weight is 236 g/mol. The lowest BCUT2D eigenvalue weighted by Crippen LogP contribution is -2.15. The van der Waals surface area contributed by atoms with E-state index >= 15 is 0 Å². The summed E-state index contributed by atoms with van der Waals surface area (Å²) >= 11 is 0. The summed E-state index contributed by atoms with van der Waals surface area (Å²) in [6.07, 6.45) is 1.88. The van der Waals surface area contributed by atoms with Gasteiger partial charge in [0.2, 0.25) is 0 Å². The highest BCUT2D eigenvalue weighted by atomic mass is 16.5. The molecule has 2 unspecified atom stereocenters. The lowest BCUT2D eigenvalue weighted by Gasteiger charge is -2.15. The zero-order chi connectivity index (χ0) is 12.3. The molecule has 1 aromatic rings. The van der Waals surface area contributed by atoms with E-state index in [0.29, 0.717) is 17.7 Å². The molecule has 0 radical (unpaired) electrons. The summed E-state index contributed by atoms with van der Waals surface area (Å²) in [6, 6.07) is 7.17. The van der Waals surface area contributed by atoms with Crippen molar-refractivity contribution >= 4 is 5.97 Å². The second-order valence-electron chi connectivity index (χ2n) is 4.38. The van der Waals surface area contributed by atoms with Gasteiger partial charge in [-0.1, -0.05) is 18.2 Å². The Labute approximate surface area is 99.8 Å². The number of carbonyl (C=O) groups is 1. The van der Waals surface area contributed by atoms with Crippen molar-refractivity contribution in [2.75, 3.05) is 0 Å². The van der Waals surface area contributed by atoms with E-state index in [-0.39, 0.29) is 18.6 Å². The molecule has 4 nitrogen and oxygen atoms in total. The van der Waals surface area contributed by atoms with Crippen LogP contribution in [0.2, 0.25) is 0 Å². The Hall–Kier alpha value is -1.55. The zero-order valence-electron chi connectivity index (χ0n) is 9.50. The second kappa shape index (κ2) is 5.19. The van der Waals surface area contributed by atoms with E-state index in [9.17, 15) is 9.90 Å². The molecular formula is C13H16O4. The van der Waals surface area contributed by atoms with Gasteiger partial charge in [-0.2, -0.15) is 0 Å². The SMILES string of the molecule is O=C(O)Cc1ccccc1OC1CCC(O)C1. The summed E-state index contributed by atoms with van der Waals surface area (Å²) in [6.45, 7) is 0. The first-order chi connectivity index (χ1) is 8.15. The van der Waals surface area contributed by atoms with Gasteiger partial charge in [-0.25, -0.2) is 0 Å². The molecule has 0 bridgehead atoms. The first-order valence-electron chi connectivity index (χ1n) is 5.79. The maximum absolute atomic E-state index is 10.7. The molecule has 1 aromatic carbocycles. The summed E-state index contributed by atoms with van der Waals surface area (Å²) in [4.78, 5) is 10.7. The Bertz CT molecular complexity index is 402. The number of carboxylic acid groups (broad SMARTS) is 1. The van der Waals surface area contributed by atoms with Crippen molar-refractivity contribution in [3.05, 3.63) is 29.8 Å². The summed E-state index contributed by atoms with van der Waals surface area (Å²) in [7, 11) is 0. The van der Waals surface area contributed by atoms with Crippen LogP contribution in [0.15, 0.2) is 24.3 Å². The monoisotopic (exact) mass is 236 g/mol. The Morgan fingerprint density at radius 1 is 1.35 bits per heavy atom. The molecule has 0 saturated heterocycles. The van der Waals surface area contributed by atoms with E-state index < -0.39 is 5.97 Å². The number of aliphatic hydroxyl groups excluding tert-OH is 1. The molecule has 0 amide bonds. The number of para-hydroxylation sites is 1. The standard InChI is InChI=1S/C13H16O4/c14-10-5-6-11(8-10)17-12-4-2-1-3-9(12)7-13(15)16/h1-4,10-11,14H,5-8H2,(H,15,16). The van der Waals surface area contributed by atoms with Crippen LogP contribution in [0.3, 0.4) is 0 Å². The van der Waals surface area contributed by atoms with Gasteiger partial charge in [0.25, 0.3) is 0 Å². The number of aliphatic carboxylic acids is 1. The smallest absolute Gasteiger partial charge is 0.307 e. The highest BCUT2D eigenvalue weighted by molar-refractivity contribution is 5.71. The molecule has 17 heavy (non-hydrogen) atoms. The van der Waals surface area contributed by atoms with E-state index in [1.807, 2.05) is 6.07 Å². The Balaban J connectivity index is 2.06. The molecule has 1 aliphatic carbocycles. The van der Waals surface area contributed by atoms with Crippen LogP contribution in [0.4, 0.5) is 0 Å². The minimum Gasteiger partial charge on any atom is -0.490 e. The van der Waals surface area contributed by atoms with E-state index in [4.69, 9.17) is 9.84 Å². The van der Waals surface area contributed by atoms with Crippen LogP contribution in [0.25, 0.3) is 0 Å². The van der Waals surface area contributed by atoms with Crippen LogP contribution >= 0.6 is 0 Å². The van der Waals surface area contributed by atoms with E-state index in [1.54, 1.807) is 18.2 Å². The summed E-state index contributed by atoms with van der Waals surface area (Å²) in [5, 5.41) is 18.2. The van der Waals surface area contributed by atoms with Gasteiger partial charge in [0.1, 0.15) is 11.9 Å². The number of aliphatic hydroxyl groups is 1. The molecule has 4 heteroatoms. The van der Waals surface area contributed by atoms with E-state index in [2.05, 4.69) is 0 Å². The summed E-state index contributed by atoms with van der Waals surface area (Å²) in [5.74, 6) is -0.249. The number of carboxylic acids is 1. The van der Waals surface area contributed by atoms with Crippen LogP contribution in [-0.2, 0) is 11.2 Å². The van der Waals surface area contributed by atoms with E-state index in [1.165, 1.54) is 0 Å². The molecule has 92 valence electrons. The van der Waals surface area contributed by atoms with Gasteiger partial charge in [-0.05, 0) is 18.9 Å². The fraction of sp³-hybridized carbons (Fsp3) is 0.462. The third-order valence-corrected chi connectivity index (χ3v) is 2.96. The molecule has 2 atom stereocenters. The van der Waals surface area contributed by atoms with Crippen LogP contribution in [-0.4, -0.2) is 28.4 Å². The lowest BCUT2D eigenvalue weighted by atomic mass is 10.1. The first kappa shape index (κ1) is 11.9. The second-order valence-corrected chi connectivity index (χ2v) is 4.38. The Morgan fingerprint density at radius 3 is 2.76 bits per heavy atom. The number of ether oxygens (including phenoxy) is 1. The molecule has 0 heterocycles. The predicted molar refractivity (Wildman–Crippen MR) is 62.1 cm³/mol. The minimum absolute atomic E-state index is 0.0000510. The van der Waals surface area contributed by atoms with Crippen molar-refractivity contribution in [3.63, 3.8) is 0 Å². The van der Waals surface area contributed by atoms with Crippen LogP contribution < -0.4 is 4.74 Å². The molecule has 0 spiro atoms. The first-order valence-corrected chi connectivity index (χ1v) is 5.79. The van der Waals surface area contributed by atoms with Crippen molar-refractivity contribution in [3.8, 4) is 5.75 Å². The molecule has 1 aliphatic rings. The molecule has 0 aromatic heterocycles. The van der Waals surface area contributed by atoms with Gasteiger partial charge in [0.05, 0.1) is 12.5 Å². The largest absolute Gasteiger partial charge is 0.490 e.